The molecule has 1 aromatic rings. The van der Waals surface area contributed by atoms with Gasteiger partial charge in [0, 0.05) is 0 Å². The standard InChI is InChI=1S/C15H22O4/c1-3-5-6-11(4-2)10-19-12-7-8-14(16)13(9-12)15(17)18/h7-9,11,16H,3-6,10H2,1-2H3,(H,17,18)/p-1. The summed E-state index contributed by atoms with van der Waals surface area (Å²) >= 11 is 0. The molecular weight excluding hydrogens is 244 g/mol. The van der Waals surface area contributed by atoms with Gasteiger partial charge in [-0.05, 0) is 24.5 Å². The summed E-state index contributed by atoms with van der Waals surface area (Å²) < 4.78 is 5.60. The second kappa shape index (κ2) is 7.67. The van der Waals surface area contributed by atoms with Gasteiger partial charge in [-0.25, -0.2) is 4.79 Å². The summed E-state index contributed by atoms with van der Waals surface area (Å²) in [4.78, 5) is 10.9. The van der Waals surface area contributed by atoms with E-state index in [0.29, 0.717) is 18.3 Å². The van der Waals surface area contributed by atoms with Gasteiger partial charge in [-0.1, -0.05) is 44.9 Å². The van der Waals surface area contributed by atoms with Crippen molar-refractivity contribution in [3.05, 3.63) is 23.8 Å². The van der Waals surface area contributed by atoms with Crippen LogP contribution in [0.2, 0.25) is 0 Å². The van der Waals surface area contributed by atoms with Crippen LogP contribution >= 0.6 is 0 Å². The van der Waals surface area contributed by atoms with E-state index in [1.54, 1.807) is 0 Å². The van der Waals surface area contributed by atoms with Gasteiger partial charge in [0.15, 0.2) is 0 Å². The van der Waals surface area contributed by atoms with Gasteiger partial charge in [0.2, 0.25) is 0 Å². The van der Waals surface area contributed by atoms with Crippen LogP contribution in [0.5, 0.6) is 11.5 Å². The number of benzene rings is 1. The van der Waals surface area contributed by atoms with Crippen molar-refractivity contribution in [1.82, 2.24) is 0 Å². The molecule has 1 N–H and O–H groups in total. The van der Waals surface area contributed by atoms with E-state index in [2.05, 4.69) is 13.8 Å². The number of carboxylic acid groups (broad SMARTS) is 1. The number of unbranched alkanes of at least 4 members (excludes halogenated alkanes) is 1. The lowest BCUT2D eigenvalue weighted by molar-refractivity contribution is -0.268. The Hall–Kier alpha value is -1.71. The van der Waals surface area contributed by atoms with Gasteiger partial charge in [-0.15, -0.1) is 0 Å². The van der Waals surface area contributed by atoms with Crippen molar-refractivity contribution in [2.45, 2.75) is 39.5 Å². The Bertz CT molecular complexity index is 415. The van der Waals surface area contributed by atoms with Crippen LogP contribution < -0.4 is 9.84 Å². The van der Waals surface area contributed by atoms with E-state index in [9.17, 15) is 9.90 Å². The van der Waals surface area contributed by atoms with Crippen LogP contribution in [0.25, 0.3) is 0 Å². The van der Waals surface area contributed by atoms with Gasteiger partial charge in [0.05, 0.1) is 12.2 Å². The highest BCUT2D eigenvalue weighted by atomic mass is 16.5. The van der Waals surface area contributed by atoms with E-state index in [1.165, 1.54) is 24.6 Å². The molecule has 0 aliphatic rings. The first-order valence-electron chi connectivity index (χ1n) is 6.75. The number of aromatic carboxylic acids is 1. The third-order valence-electron chi connectivity index (χ3n) is 3.21. The fourth-order valence-corrected chi connectivity index (χ4v) is 1.88. The van der Waals surface area contributed by atoms with Crippen molar-refractivity contribution in [1.29, 1.82) is 0 Å². The van der Waals surface area contributed by atoms with Gasteiger partial charge in [-0.3, -0.25) is 0 Å². The quantitative estimate of drug-likeness (QED) is 0.784. The molecule has 4 nitrogen and oxygen atoms in total. The van der Waals surface area contributed by atoms with Crippen molar-refractivity contribution < 1.29 is 19.7 Å². The lowest BCUT2D eigenvalue weighted by Gasteiger charge is -2.17. The Balaban J connectivity index is 2.61. The summed E-state index contributed by atoms with van der Waals surface area (Å²) in [6.07, 6.45) is 4.47. The summed E-state index contributed by atoms with van der Waals surface area (Å²) in [5.74, 6) is -0.779. The summed E-state index contributed by atoms with van der Waals surface area (Å²) in [6.45, 7) is 4.83. The highest BCUT2D eigenvalue weighted by molar-refractivity contribution is 5.91. The minimum Gasteiger partial charge on any atom is -0.872 e. The molecule has 0 aromatic heterocycles. The van der Waals surface area contributed by atoms with Gasteiger partial charge in [0.25, 0.3) is 0 Å². The summed E-state index contributed by atoms with van der Waals surface area (Å²) in [7, 11) is 0. The van der Waals surface area contributed by atoms with Gasteiger partial charge in [-0.2, -0.15) is 0 Å². The highest BCUT2D eigenvalue weighted by Gasteiger charge is 2.09. The Morgan fingerprint density at radius 3 is 2.74 bits per heavy atom. The topological polar surface area (TPSA) is 69.6 Å². The average molecular weight is 265 g/mol. The van der Waals surface area contributed by atoms with E-state index < -0.39 is 11.7 Å². The largest absolute Gasteiger partial charge is 0.872 e. The zero-order valence-corrected chi connectivity index (χ0v) is 11.5. The molecule has 0 heterocycles. The van der Waals surface area contributed by atoms with Crippen molar-refractivity contribution in [2.75, 3.05) is 6.61 Å². The minimum absolute atomic E-state index is 0.237. The summed E-state index contributed by atoms with van der Waals surface area (Å²) in [5, 5.41) is 20.2. The molecule has 106 valence electrons. The van der Waals surface area contributed by atoms with Crippen molar-refractivity contribution >= 4 is 5.97 Å². The molecular formula is C15H21O4-. The second-order valence-corrected chi connectivity index (χ2v) is 4.69. The van der Waals surface area contributed by atoms with Crippen LogP contribution in [0.4, 0.5) is 0 Å². The summed E-state index contributed by atoms with van der Waals surface area (Å²) in [6, 6.07) is 4.07. The smallest absolute Gasteiger partial charge is 0.335 e. The van der Waals surface area contributed by atoms with E-state index in [0.717, 1.165) is 19.3 Å². The Kier molecular flexibility index (Phi) is 6.19. The zero-order chi connectivity index (χ0) is 14.3. The van der Waals surface area contributed by atoms with Crippen molar-refractivity contribution in [2.24, 2.45) is 5.92 Å². The molecule has 0 amide bonds. The predicted octanol–water partition coefficient (Wildman–Crippen LogP) is 3.05. The molecule has 0 bridgehead atoms. The molecule has 0 saturated carbocycles. The Morgan fingerprint density at radius 2 is 2.16 bits per heavy atom. The number of carbonyl (C=O) groups is 1. The Labute approximate surface area is 114 Å². The van der Waals surface area contributed by atoms with Crippen LogP contribution in [-0.4, -0.2) is 17.7 Å². The molecule has 1 atom stereocenters. The molecule has 0 radical (unpaired) electrons. The molecule has 0 aliphatic carbocycles. The molecule has 1 rings (SSSR count). The van der Waals surface area contributed by atoms with Crippen LogP contribution in [0, 0.1) is 5.92 Å². The first-order chi connectivity index (χ1) is 9.08. The fraction of sp³-hybridized carbons (Fsp3) is 0.533. The van der Waals surface area contributed by atoms with Crippen LogP contribution in [0.15, 0.2) is 18.2 Å². The molecule has 1 unspecified atom stereocenters. The van der Waals surface area contributed by atoms with Crippen LogP contribution in [0.3, 0.4) is 0 Å². The lowest BCUT2D eigenvalue weighted by Crippen LogP contribution is -2.12. The van der Waals surface area contributed by atoms with E-state index in [-0.39, 0.29) is 5.56 Å². The molecule has 0 saturated heterocycles. The van der Waals surface area contributed by atoms with Crippen molar-refractivity contribution in [3.63, 3.8) is 0 Å². The molecule has 4 heteroatoms. The molecule has 1 aromatic carbocycles. The van der Waals surface area contributed by atoms with Crippen LogP contribution in [-0.2, 0) is 0 Å². The highest BCUT2D eigenvalue weighted by Crippen LogP contribution is 2.22. The molecule has 19 heavy (non-hydrogen) atoms. The SMILES string of the molecule is CCCCC(CC)COc1ccc([O-])c(C(=O)O)c1. The lowest BCUT2D eigenvalue weighted by atomic mass is 10.0. The number of hydrogen-bond acceptors (Lipinski definition) is 3. The third-order valence-corrected chi connectivity index (χ3v) is 3.21. The number of rotatable bonds is 8. The van der Waals surface area contributed by atoms with Crippen molar-refractivity contribution in [3.8, 4) is 11.5 Å². The monoisotopic (exact) mass is 265 g/mol. The Morgan fingerprint density at radius 1 is 1.42 bits per heavy atom. The van der Waals surface area contributed by atoms with Gasteiger partial charge >= 0.3 is 5.97 Å². The maximum atomic E-state index is 11.3. The maximum absolute atomic E-state index is 11.3. The zero-order valence-electron chi connectivity index (χ0n) is 11.5. The fourth-order valence-electron chi connectivity index (χ4n) is 1.88. The van der Waals surface area contributed by atoms with E-state index in [4.69, 9.17) is 9.84 Å². The first kappa shape index (κ1) is 15.3. The average Bonchev–Trinajstić information content (AvgIpc) is 2.40. The summed E-state index contributed by atoms with van der Waals surface area (Å²) in [5.41, 5.74) is -0.237. The van der Waals surface area contributed by atoms with E-state index >= 15 is 0 Å². The van der Waals surface area contributed by atoms with Gasteiger partial charge < -0.3 is 14.9 Å². The number of ether oxygens (including phenoxy) is 1. The molecule has 0 fully saturated rings. The van der Waals surface area contributed by atoms with Gasteiger partial charge in [0.1, 0.15) is 5.75 Å². The third kappa shape index (κ3) is 4.81. The second-order valence-electron chi connectivity index (χ2n) is 4.69. The predicted molar refractivity (Wildman–Crippen MR) is 71.6 cm³/mol. The maximum Gasteiger partial charge on any atom is 0.335 e. The van der Waals surface area contributed by atoms with Crippen LogP contribution in [0.1, 0.15) is 49.9 Å². The molecule has 0 spiro atoms. The first-order valence-corrected chi connectivity index (χ1v) is 6.75. The molecule has 0 aliphatic heterocycles. The normalized spacial score (nSPS) is 12.1. The van der Waals surface area contributed by atoms with E-state index in [1.807, 2.05) is 0 Å². The number of hydrogen-bond donors (Lipinski definition) is 1. The minimum atomic E-state index is -1.21. The number of carboxylic acids is 1.